The van der Waals surface area contributed by atoms with Gasteiger partial charge in [0, 0.05) is 0 Å². The number of rotatable bonds is 9. The number of hydrogen-bond donors (Lipinski definition) is 0. The molecule has 0 bridgehead atoms. The van der Waals surface area contributed by atoms with Crippen LogP contribution in [0.4, 0.5) is 0 Å². The second-order valence-electron chi connectivity index (χ2n) is 2.51. The number of unbranched alkanes of at least 4 members (excludes halogenated alkanes) is 2. The van der Waals surface area contributed by atoms with Crippen LogP contribution in [0.1, 0.15) is 25.7 Å². The molecule has 70 valence electrons. The van der Waals surface area contributed by atoms with E-state index in [9.17, 15) is 0 Å². The third kappa shape index (κ3) is 9.40. The van der Waals surface area contributed by atoms with Gasteiger partial charge in [-0.1, -0.05) is 12.2 Å². The first-order valence-electron chi connectivity index (χ1n) is 4.38. The van der Waals surface area contributed by atoms with E-state index < -0.39 is 0 Å². The molecule has 0 atom stereocenters. The van der Waals surface area contributed by atoms with Gasteiger partial charge in [-0.05, 0) is 25.7 Å². The lowest BCUT2D eigenvalue weighted by Gasteiger charge is -2.01. The van der Waals surface area contributed by atoms with Crippen LogP contribution in [0, 0.1) is 0 Å². The Labute approximate surface area is 74.8 Å². The van der Waals surface area contributed by atoms with E-state index in [-0.39, 0.29) is 0 Å². The van der Waals surface area contributed by atoms with Gasteiger partial charge in [0.1, 0.15) is 0 Å². The fourth-order valence-corrected chi connectivity index (χ4v) is 0.691. The van der Waals surface area contributed by atoms with Crippen molar-refractivity contribution in [2.24, 2.45) is 0 Å². The second-order valence-corrected chi connectivity index (χ2v) is 2.51. The average Bonchev–Trinajstić information content (AvgIpc) is 2.10. The van der Waals surface area contributed by atoms with Gasteiger partial charge in [0.25, 0.3) is 0 Å². The average molecular weight is 170 g/mol. The summed E-state index contributed by atoms with van der Waals surface area (Å²) in [6, 6.07) is 0. The van der Waals surface area contributed by atoms with Crippen molar-refractivity contribution in [2.75, 3.05) is 13.2 Å². The maximum atomic E-state index is 4.90. The molecular weight excluding hydrogens is 152 g/mol. The highest BCUT2D eigenvalue weighted by molar-refractivity contribution is 4.65. The Kier molecular flexibility index (Phi) is 9.88. The Morgan fingerprint density at radius 2 is 1.25 bits per heavy atom. The molecule has 0 unspecified atom stereocenters. The quantitative estimate of drug-likeness (QED) is 0.229. The molecule has 0 N–H and O–H groups in total. The first-order valence-corrected chi connectivity index (χ1v) is 4.38. The van der Waals surface area contributed by atoms with Gasteiger partial charge in [-0.15, -0.1) is 13.2 Å². The molecular formula is C10H18O2. The summed E-state index contributed by atoms with van der Waals surface area (Å²) in [6.45, 7) is 8.53. The molecule has 0 aliphatic rings. The molecule has 0 spiro atoms. The van der Waals surface area contributed by atoms with Crippen molar-refractivity contribution in [3.05, 3.63) is 25.3 Å². The van der Waals surface area contributed by atoms with Crippen molar-refractivity contribution in [2.45, 2.75) is 25.7 Å². The highest BCUT2D eigenvalue weighted by Gasteiger charge is 1.88. The highest BCUT2D eigenvalue weighted by Crippen LogP contribution is 1.94. The molecule has 2 heteroatoms. The third-order valence-electron chi connectivity index (χ3n) is 1.36. The van der Waals surface area contributed by atoms with Crippen molar-refractivity contribution in [3.8, 4) is 0 Å². The number of allylic oxidation sites excluding steroid dienone is 2. The maximum absolute atomic E-state index is 4.90. The minimum absolute atomic E-state index is 0.653. The van der Waals surface area contributed by atoms with E-state index in [4.69, 9.17) is 9.78 Å². The van der Waals surface area contributed by atoms with Gasteiger partial charge in [-0.2, -0.15) is 0 Å². The predicted molar refractivity (Wildman–Crippen MR) is 50.8 cm³/mol. The van der Waals surface area contributed by atoms with Crippen molar-refractivity contribution in [1.29, 1.82) is 0 Å². The molecule has 0 aromatic heterocycles. The Bertz CT molecular complexity index is 96.4. The van der Waals surface area contributed by atoms with Crippen molar-refractivity contribution in [1.82, 2.24) is 0 Å². The standard InChI is InChI=1S/C10H18O2/c1-3-5-7-9-11-12-10-8-6-4-2/h3-4H,1-2,5-10H2. The zero-order valence-corrected chi connectivity index (χ0v) is 7.63. The monoisotopic (exact) mass is 170 g/mol. The summed E-state index contributed by atoms with van der Waals surface area (Å²) < 4.78 is 0. The van der Waals surface area contributed by atoms with Gasteiger partial charge < -0.3 is 0 Å². The molecule has 0 radical (unpaired) electrons. The summed E-state index contributed by atoms with van der Waals surface area (Å²) in [7, 11) is 0. The molecule has 0 amide bonds. The van der Waals surface area contributed by atoms with Crippen LogP contribution < -0.4 is 0 Å². The predicted octanol–water partition coefficient (Wildman–Crippen LogP) is 2.87. The zero-order chi connectivity index (χ0) is 9.07. The van der Waals surface area contributed by atoms with Crippen molar-refractivity contribution in [3.63, 3.8) is 0 Å². The summed E-state index contributed by atoms with van der Waals surface area (Å²) in [5, 5.41) is 0. The van der Waals surface area contributed by atoms with E-state index >= 15 is 0 Å². The number of hydrogen-bond acceptors (Lipinski definition) is 2. The van der Waals surface area contributed by atoms with Crippen molar-refractivity contribution < 1.29 is 9.78 Å². The van der Waals surface area contributed by atoms with E-state index in [1.54, 1.807) is 0 Å². The summed E-state index contributed by atoms with van der Waals surface area (Å²) in [4.78, 5) is 9.80. The molecule has 12 heavy (non-hydrogen) atoms. The van der Waals surface area contributed by atoms with Crippen LogP contribution in [0.15, 0.2) is 25.3 Å². The van der Waals surface area contributed by atoms with Gasteiger partial charge >= 0.3 is 0 Å². The van der Waals surface area contributed by atoms with Crippen LogP contribution >= 0.6 is 0 Å². The maximum Gasteiger partial charge on any atom is 0.0825 e. The van der Waals surface area contributed by atoms with Crippen LogP contribution in [0.2, 0.25) is 0 Å². The van der Waals surface area contributed by atoms with Gasteiger partial charge in [0.15, 0.2) is 0 Å². The minimum atomic E-state index is 0.653. The van der Waals surface area contributed by atoms with Gasteiger partial charge in [0.2, 0.25) is 0 Å². The smallest absolute Gasteiger partial charge is 0.0825 e. The molecule has 0 aromatic carbocycles. The van der Waals surface area contributed by atoms with Gasteiger partial charge in [0.05, 0.1) is 13.2 Å². The van der Waals surface area contributed by atoms with E-state index in [0.29, 0.717) is 13.2 Å². The van der Waals surface area contributed by atoms with Crippen LogP contribution in [-0.2, 0) is 9.78 Å². The molecule has 0 aliphatic heterocycles. The zero-order valence-electron chi connectivity index (χ0n) is 7.63. The third-order valence-corrected chi connectivity index (χ3v) is 1.36. The first-order chi connectivity index (χ1) is 5.91. The summed E-state index contributed by atoms with van der Waals surface area (Å²) in [6.07, 6.45) is 7.67. The molecule has 0 fully saturated rings. The minimum Gasteiger partial charge on any atom is -0.237 e. The first kappa shape index (κ1) is 11.4. The Morgan fingerprint density at radius 1 is 0.833 bits per heavy atom. The molecule has 0 aromatic rings. The molecule has 0 saturated carbocycles. The van der Waals surface area contributed by atoms with E-state index in [0.717, 1.165) is 25.7 Å². The van der Waals surface area contributed by atoms with Crippen LogP contribution in [0.5, 0.6) is 0 Å². The van der Waals surface area contributed by atoms with Crippen molar-refractivity contribution >= 4 is 0 Å². The SMILES string of the molecule is C=CCCCOOCCCC=C. The summed E-state index contributed by atoms with van der Waals surface area (Å²) in [5.41, 5.74) is 0. The summed E-state index contributed by atoms with van der Waals surface area (Å²) in [5.74, 6) is 0. The molecule has 0 rings (SSSR count). The van der Waals surface area contributed by atoms with Gasteiger partial charge in [-0.3, -0.25) is 0 Å². The highest BCUT2D eigenvalue weighted by atomic mass is 17.2. The molecule has 2 nitrogen and oxygen atoms in total. The van der Waals surface area contributed by atoms with Crippen LogP contribution in [0.3, 0.4) is 0 Å². The fraction of sp³-hybridized carbons (Fsp3) is 0.600. The molecule has 0 heterocycles. The van der Waals surface area contributed by atoms with E-state index in [1.165, 1.54) is 0 Å². The Morgan fingerprint density at radius 3 is 1.58 bits per heavy atom. The fourth-order valence-electron chi connectivity index (χ4n) is 0.691. The van der Waals surface area contributed by atoms with Gasteiger partial charge in [-0.25, -0.2) is 9.78 Å². The lowest BCUT2D eigenvalue weighted by molar-refractivity contribution is -0.294. The normalized spacial score (nSPS) is 9.67. The van der Waals surface area contributed by atoms with Crippen LogP contribution in [-0.4, -0.2) is 13.2 Å². The van der Waals surface area contributed by atoms with E-state index in [1.807, 2.05) is 12.2 Å². The van der Waals surface area contributed by atoms with Crippen LogP contribution in [0.25, 0.3) is 0 Å². The summed E-state index contributed by atoms with van der Waals surface area (Å²) >= 11 is 0. The molecule has 0 aliphatic carbocycles. The Hall–Kier alpha value is -0.600. The Balaban J connectivity index is 2.81. The van der Waals surface area contributed by atoms with E-state index in [2.05, 4.69) is 13.2 Å². The lowest BCUT2D eigenvalue weighted by Crippen LogP contribution is -1.97. The largest absolute Gasteiger partial charge is 0.237 e. The lowest BCUT2D eigenvalue weighted by atomic mass is 10.3. The second kappa shape index (κ2) is 10.4. The molecule has 0 saturated heterocycles. The topological polar surface area (TPSA) is 18.5 Å².